The lowest BCUT2D eigenvalue weighted by Gasteiger charge is -1.99. The summed E-state index contributed by atoms with van der Waals surface area (Å²) in [7, 11) is 0. The Bertz CT molecular complexity index is 609. The first kappa shape index (κ1) is 12.9. The molecule has 0 saturated carbocycles. The van der Waals surface area contributed by atoms with Crippen molar-refractivity contribution in [2.45, 2.75) is 0 Å². The van der Waals surface area contributed by atoms with Crippen molar-refractivity contribution < 1.29 is 13.6 Å². The van der Waals surface area contributed by atoms with Gasteiger partial charge in [-0.1, -0.05) is 18.2 Å². The van der Waals surface area contributed by atoms with E-state index in [1.807, 2.05) is 0 Å². The van der Waals surface area contributed by atoms with Crippen LogP contribution in [0.5, 0.6) is 0 Å². The Morgan fingerprint density at radius 2 is 1.74 bits per heavy atom. The maximum atomic E-state index is 13.2. The molecule has 0 fully saturated rings. The average molecular weight is 260 g/mol. The third kappa shape index (κ3) is 3.45. The molecule has 2 rings (SSSR count). The van der Waals surface area contributed by atoms with Crippen molar-refractivity contribution in [3.8, 4) is 0 Å². The van der Waals surface area contributed by atoms with Crippen LogP contribution in [0.15, 0.2) is 53.6 Å². The van der Waals surface area contributed by atoms with Crippen LogP contribution in [0.25, 0.3) is 0 Å². The molecule has 1 N–H and O–H groups in total. The van der Waals surface area contributed by atoms with Crippen LogP contribution < -0.4 is 5.43 Å². The highest BCUT2D eigenvalue weighted by Crippen LogP contribution is 2.04. The monoisotopic (exact) mass is 260 g/mol. The first-order chi connectivity index (χ1) is 9.16. The minimum Gasteiger partial charge on any atom is -0.267 e. The Labute approximate surface area is 108 Å². The minimum absolute atomic E-state index is 0.266. The van der Waals surface area contributed by atoms with E-state index in [0.717, 1.165) is 0 Å². The molecule has 2 aromatic carbocycles. The average Bonchev–Trinajstić information content (AvgIpc) is 2.41. The van der Waals surface area contributed by atoms with Gasteiger partial charge in [-0.25, -0.2) is 14.2 Å². The fourth-order valence-corrected chi connectivity index (χ4v) is 1.41. The first-order valence-electron chi connectivity index (χ1n) is 5.50. The van der Waals surface area contributed by atoms with Crippen LogP contribution in [-0.4, -0.2) is 12.1 Å². The highest BCUT2D eigenvalue weighted by atomic mass is 19.1. The maximum absolute atomic E-state index is 13.2. The first-order valence-corrected chi connectivity index (χ1v) is 5.50. The summed E-state index contributed by atoms with van der Waals surface area (Å²) in [5.41, 5.74) is 2.77. The van der Waals surface area contributed by atoms with E-state index in [9.17, 15) is 13.6 Å². The van der Waals surface area contributed by atoms with Crippen molar-refractivity contribution in [1.82, 2.24) is 5.43 Å². The second kappa shape index (κ2) is 5.86. The molecule has 0 aliphatic heterocycles. The Kier molecular flexibility index (Phi) is 3.97. The zero-order valence-electron chi connectivity index (χ0n) is 9.81. The van der Waals surface area contributed by atoms with Crippen molar-refractivity contribution in [3.63, 3.8) is 0 Å². The number of hydrazone groups is 1. The lowest BCUT2D eigenvalue weighted by Crippen LogP contribution is -2.17. The van der Waals surface area contributed by atoms with Crippen LogP contribution >= 0.6 is 0 Å². The molecule has 0 aliphatic carbocycles. The van der Waals surface area contributed by atoms with Gasteiger partial charge < -0.3 is 0 Å². The van der Waals surface area contributed by atoms with Gasteiger partial charge in [-0.2, -0.15) is 5.10 Å². The molecule has 0 aromatic heterocycles. The summed E-state index contributed by atoms with van der Waals surface area (Å²) < 4.78 is 25.9. The molecule has 0 spiro atoms. The number of carbonyl (C=O) groups is 1. The van der Waals surface area contributed by atoms with Crippen molar-refractivity contribution >= 4 is 12.1 Å². The maximum Gasteiger partial charge on any atom is 0.271 e. The van der Waals surface area contributed by atoms with E-state index in [1.165, 1.54) is 42.6 Å². The van der Waals surface area contributed by atoms with Crippen LogP contribution in [-0.2, 0) is 0 Å². The lowest BCUT2D eigenvalue weighted by molar-refractivity contribution is 0.0955. The summed E-state index contributed by atoms with van der Waals surface area (Å²) in [6.45, 7) is 0. The smallest absolute Gasteiger partial charge is 0.267 e. The van der Waals surface area contributed by atoms with Gasteiger partial charge in [0.05, 0.1) is 6.21 Å². The SMILES string of the molecule is O=C(N/N=C/c1ccccc1F)c1ccc(F)cc1. The normalized spacial score (nSPS) is 10.6. The van der Waals surface area contributed by atoms with Gasteiger partial charge in [0.1, 0.15) is 11.6 Å². The standard InChI is InChI=1S/C14H10F2N2O/c15-12-7-5-10(6-8-12)14(19)18-17-9-11-3-1-2-4-13(11)16/h1-9H,(H,18,19)/b17-9+. The molecular weight excluding hydrogens is 250 g/mol. The second-order valence-electron chi connectivity index (χ2n) is 3.73. The fourth-order valence-electron chi connectivity index (χ4n) is 1.41. The molecule has 0 aliphatic rings. The number of nitrogens with one attached hydrogen (secondary N) is 1. The molecule has 0 radical (unpaired) electrons. The number of hydrogen-bond acceptors (Lipinski definition) is 2. The summed E-state index contributed by atoms with van der Waals surface area (Å²) >= 11 is 0. The van der Waals surface area contributed by atoms with Gasteiger partial charge in [-0.3, -0.25) is 4.79 Å². The Morgan fingerprint density at radius 3 is 2.42 bits per heavy atom. The van der Waals surface area contributed by atoms with Crippen molar-refractivity contribution in [1.29, 1.82) is 0 Å². The van der Waals surface area contributed by atoms with Crippen LogP contribution in [0.4, 0.5) is 8.78 Å². The van der Waals surface area contributed by atoms with E-state index in [4.69, 9.17) is 0 Å². The van der Waals surface area contributed by atoms with Crippen molar-refractivity contribution in [2.75, 3.05) is 0 Å². The van der Waals surface area contributed by atoms with Crippen LogP contribution in [0.3, 0.4) is 0 Å². The van der Waals surface area contributed by atoms with Crippen molar-refractivity contribution in [2.24, 2.45) is 5.10 Å². The predicted octanol–water partition coefficient (Wildman–Crippen LogP) is 2.73. The molecule has 0 bridgehead atoms. The van der Waals surface area contributed by atoms with Gasteiger partial charge in [-0.15, -0.1) is 0 Å². The Morgan fingerprint density at radius 1 is 1.05 bits per heavy atom. The van der Waals surface area contributed by atoms with Crippen LogP contribution in [0, 0.1) is 11.6 Å². The summed E-state index contributed by atoms with van der Waals surface area (Å²) in [5, 5.41) is 3.64. The number of hydrogen-bond donors (Lipinski definition) is 1. The molecule has 5 heteroatoms. The molecule has 3 nitrogen and oxygen atoms in total. The zero-order chi connectivity index (χ0) is 13.7. The molecule has 2 aromatic rings. The largest absolute Gasteiger partial charge is 0.271 e. The molecule has 1 amide bonds. The number of carbonyl (C=O) groups excluding carboxylic acids is 1. The van der Waals surface area contributed by atoms with E-state index in [0.29, 0.717) is 0 Å². The fraction of sp³-hybridized carbons (Fsp3) is 0. The summed E-state index contributed by atoms with van der Waals surface area (Å²) in [4.78, 5) is 11.6. The van der Waals surface area contributed by atoms with Gasteiger partial charge >= 0.3 is 0 Å². The number of halogens is 2. The van der Waals surface area contributed by atoms with Crippen LogP contribution in [0.1, 0.15) is 15.9 Å². The van der Waals surface area contributed by atoms with Gasteiger partial charge in [0.2, 0.25) is 0 Å². The topological polar surface area (TPSA) is 41.5 Å². The third-order valence-electron chi connectivity index (χ3n) is 2.38. The summed E-state index contributed by atoms with van der Waals surface area (Å²) in [6.07, 6.45) is 1.21. The molecular formula is C14H10F2N2O. The number of nitrogens with zero attached hydrogens (tertiary/aromatic N) is 1. The quantitative estimate of drug-likeness (QED) is 0.669. The Balaban J connectivity index is 2.01. The van der Waals surface area contributed by atoms with Gasteiger partial charge in [0.15, 0.2) is 0 Å². The highest BCUT2D eigenvalue weighted by molar-refractivity contribution is 5.94. The second-order valence-corrected chi connectivity index (χ2v) is 3.73. The molecule has 0 heterocycles. The summed E-state index contributed by atoms with van der Waals surface area (Å²) in [6, 6.07) is 11.1. The third-order valence-corrected chi connectivity index (χ3v) is 2.38. The lowest BCUT2D eigenvalue weighted by atomic mass is 10.2. The predicted molar refractivity (Wildman–Crippen MR) is 67.9 cm³/mol. The highest BCUT2D eigenvalue weighted by Gasteiger charge is 2.03. The molecule has 0 saturated heterocycles. The van der Waals surface area contributed by atoms with E-state index >= 15 is 0 Å². The van der Waals surface area contributed by atoms with Gasteiger partial charge in [0.25, 0.3) is 5.91 Å². The van der Waals surface area contributed by atoms with Crippen molar-refractivity contribution in [3.05, 3.63) is 71.3 Å². The zero-order valence-corrected chi connectivity index (χ0v) is 9.81. The van der Waals surface area contributed by atoms with E-state index in [-0.39, 0.29) is 11.1 Å². The molecule has 0 atom stereocenters. The molecule has 19 heavy (non-hydrogen) atoms. The van der Waals surface area contributed by atoms with E-state index < -0.39 is 17.5 Å². The minimum atomic E-state index is -0.493. The van der Waals surface area contributed by atoms with Gasteiger partial charge in [-0.05, 0) is 30.3 Å². The van der Waals surface area contributed by atoms with Crippen LogP contribution in [0.2, 0.25) is 0 Å². The van der Waals surface area contributed by atoms with Gasteiger partial charge in [0, 0.05) is 11.1 Å². The Hall–Kier alpha value is -2.56. The van der Waals surface area contributed by atoms with E-state index in [2.05, 4.69) is 10.5 Å². The number of amides is 1. The molecule has 0 unspecified atom stereocenters. The molecule has 96 valence electrons. The summed E-state index contributed by atoms with van der Waals surface area (Å²) in [5.74, 6) is -1.35. The number of rotatable bonds is 3. The number of benzene rings is 2. The van der Waals surface area contributed by atoms with E-state index in [1.54, 1.807) is 12.1 Å².